The normalized spacial score (nSPS) is 15.2. The Morgan fingerprint density at radius 3 is 2.59 bits per heavy atom. The highest BCUT2D eigenvalue weighted by Gasteiger charge is 2.19. The number of aromatic nitrogens is 2. The molecule has 96 valence electrons. The van der Waals surface area contributed by atoms with Crippen molar-refractivity contribution in [3.63, 3.8) is 0 Å². The van der Waals surface area contributed by atoms with Crippen molar-refractivity contribution in [2.24, 2.45) is 0 Å². The SMILES string of the molecule is CC.CC(C)c1cc2n(n1)CC(=O)N(C)CC2. The molecule has 0 radical (unpaired) electrons. The van der Waals surface area contributed by atoms with Crippen molar-refractivity contribution in [1.82, 2.24) is 14.7 Å². The standard InChI is InChI=1S/C11H17N3O.C2H6/c1-8(2)10-6-9-4-5-13(3)11(15)7-14(9)12-10;1-2/h6,8H,4-5,7H2,1-3H3;1-2H3. The van der Waals surface area contributed by atoms with Crippen LogP contribution in [0, 0.1) is 0 Å². The second kappa shape index (κ2) is 5.84. The summed E-state index contributed by atoms with van der Waals surface area (Å²) >= 11 is 0. The van der Waals surface area contributed by atoms with Gasteiger partial charge in [0.1, 0.15) is 6.54 Å². The minimum absolute atomic E-state index is 0.146. The predicted octanol–water partition coefficient (Wildman–Crippen LogP) is 2.05. The van der Waals surface area contributed by atoms with Crippen molar-refractivity contribution in [2.45, 2.75) is 46.6 Å². The Hall–Kier alpha value is -1.32. The maximum absolute atomic E-state index is 11.6. The van der Waals surface area contributed by atoms with Crippen molar-refractivity contribution in [1.29, 1.82) is 0 Å². The van der Waals surface area contributed by atoms with E-state index in [0.29, 0.717) is 12.5 Å². The number of nitrogens with zero attached hydrogens (tertiary/aromatic N) is 3. The molecule has 0 spiro atoms. The smallest absolute Gasteiger partial charge is 0.244 e. The first-order chi connectivity index (χ1) is 8.08. The lowest BCUT2D eigenvalue weighted by atomic mass is 10.1. The summed E-state index contributed by atoms with van der Waals surface area (Å²) in [7, 11) is 1.85. The average Bonchev–Trinajstić information content (AvgIpc) is 2.66. The topological polar surface area (TPSA) is 38.1 Å². The molecule has 0 aliphatic carbocycles. The van der Waals surface area contributed by atoms with E-state index in [4.69, 9.17) is 0 Å². The van der Waals surface area contributed by atoms with Gasteiger partial charge in [-0.25, -0.2) is 0 Å². The summed E-state index contributed by atoms with van der Waals surface area (Å²) in [5.74, 6) is 0.574. The zero-order valence-corrected chi connectivity index (χ0v) is 11.5. The van der Waals surface area contributed by atoms with Crippen molar-refractivity contribution >= 4 is 5.91 Å². The van der Waals surface area contributed by atoms with Crippen LogP contribution in [-0.2, 0) is 17.8 Å². The maximum Gasteiger partial charge on any atom is 0.244 e. The molecule has 17 heavy (non-hydrogen) atoms. The molecule has 0 N–H and O–H groups in total. The second-order valence-corrected chi connectivity index (χ2v) is 4.44. The molecular formula is C13H23N3O. The summed E-state index contributed by atoms with van der Waals surface area (Å²) < 4.78 is 1.85. The van der Waals surface area contributed by atoms with Gasteiger partial charge in [0, 0.05) is 25.7 Å². The molecule has 0 atom stereocenters. The molecule has 0 saturated carbocycles. The van der Waals surface area contributed by atoms with Crippen LogP contribution in [0.1, 0.15) is 45.0 Å². The van der Waals surface area contributed by atoms with Gasteiger partial charge < -0.3 is 4.90 Å². The van der Waals surface area contributed by atoms with Crippen LogP contribution in [0.15, 0.2) is 6.07 Å². The molecule has 4 heteroatoms. The predicted molar refractivity (Wildman–Crippen MR) is 69.0 cm³/mol. The van der Waals surface area contributed by atoms with E-state index in [1.165, 1.54) is 5.69 Å². The third kappa shape index (κ3) is 3.08. The summed E-state index contributed by atoms with van der Waals surface area (Å²) in [6, 6.07) is 2.12. The molecule has 0 unspecified atom stereocenters. The lowest BCUT2D eigenvalue weighted by Gasteiger charge is -2.12. The number of likely N-dealkylation sites (N-methyl/N-ethyl adjacent to an activating group) is 1. The number of hydrogen-bond donors (Lipinski definition) is 0. The van der Waals surface area contributed by atoms with Gasteiger partial charge in [0.25, 0.3) is 0 Å². The van der Waals surface area contributed by atoms with Crippen molar-refractivity contribution < 1.29 is 4.79 Å². The summed E-state index contributed by atoms with van der Waals surface area (Å²) in [5, 5.41) is 4.46. The van der Waals surface area contributed by atoms with Gasteiger partial charge >= 0.3 is 0 Å². The monoisotopic (exact) mass is 237 g/mol. The third-order valence-electron chi connectivity index (χ3n) is 2.89. The molecule has 0 saturated heterocycles. The van der Waals surface area contributed by atoms with Crippen LogP contribution in [0.3, 0.4) is 0 Å². The van der Waals surface area contributed by atoms with Crippen molar-refractivity contribution in [3.8, 4) is 0 Å². The Balaban J connectivity index is 0.000000686. The lowest BCUT2D eigenvalue weighted by Crippen LogP contribution is -2.29. The Labute approximate surface area is 104 Å². The number of hydrogen-bond acceptors (Lipinski definition) is 2. The molecular weight excluding hydrogens is 214 g/mol. The van der Waals surface area contributed by atoms with E-state index in [2.05, 4.69) is 25.0 Å². The first-order valence-electron chi connectivity index (χ1n) is 6.38. The van der Waals surface area contributed by atoms with Crippen LogP contribution in [0.2, 0.25) is 0 Å². The van der Waals surface area contributed by atoms with Crippen molar-refractivity contribution in [2.75, 3.05) is 13.6 Å². The molecule has 2 heterocycles. The van der Waals surface area contributed by atoms with Crippen LogP contribution in [0.4, 0.5) is 0 Å². The molecule has 0 fully saturated rings. The second-order valence-electron chi connectivity index (χ2n) is 4.44. The van der Waals surface area contributed by atoms with Crippen LogP contribution < -0.4 is 0 Å². The number of carbonyl (C=O) groups excluding carboxylic acids is 1. The molecule has 2 rings (SSSR count). The van der Waals surface area contributed by atoms with Gasteiger partial charge in [-0.1, -0.05) is 27.7 Å². The zero-order chi connectivity index (χ0) is 13.0. The largest absolute Gasteiger partial charge is 0.344 e. The van der Waals surface area contributed by atoms with Gasteiger partial charge in [-0.15, -0.1) is 0 Å². The highest BCUT2D eigenvalue weighted by molar-refractivity contribution is 5.76. The number of fused-ring (bicyclic) bond motifs is 1. The van der Waals surface area contributed by atoms with E-state index in [1.54, 1.807) is 4.90 Å². The van der Waals surface area contributed by atoms with Gasteiger partial charge in [0.15, 0.2) is 0 Å². The Kier molecular flexibility index (Phi) is 4.73. The highest BCUT2D eigenvalue weighted by Crippen LogP contribution is 2.16. The number of carbonyl (C=O) groups is 1. The molecule has 1 amide bonds. The van der Waals surface area contributed by atoms with E-state index in [0.717, 1.165) is 18.7 Å². The molecule has 0 aromatic carbocycles. The molecule has 1 aliphatic heterocycles. The third-order valence-corrected chi connectivity index (χ3v) is 2.89. The average molecular weight is 237 g/mol. The van der Waals surface area contributed by atoms with Crippen LogP contribution in [0.5, 0.6) is 0 Å². The van der Waals surface area contributed by atoms with Crippen LogP contribution >= 0.6 is 0 Å². The van der Waals surface area contributed by atoms with E-state index < -0.39 is 0 Å². The minimum Gasteiger partial charge on any atom is -0.344 e. The van der Waals surface area contributed by atoms with E-state index in [-0.39, 0.29) is 5.91 Å². The Morgan fingerprint density at radius 1 is 1.35 bits per heavy atom. The minimum atomic E-state index is 0.146. The fraction of sp³-hybridized carbons (Fsp3) is 0.692. The molecule has 1 aromatic heterocycles. The van der Waals surface area contributed by atoms with E-state index in [1.807, 2.05) is 25.6 Å². The van der Waals surface area contributed by atoms with Crippen molar-refractivity contribution in [3.05, 3.63) is 17.5 Å². The summed E-state index contributed by atoms with van der Waals surface area (Å²) in [4.78, 5) is 13.4. The number of rotatable bonds is 1. The van der Waals surface area contributed by atoms with Gasteiger partial charge in [-0.05, 0) is 12.0 Å². The first kappa shape index (κ1) is 13.7. The highest BCUT2D eigenvalue weighted by atomic mass is 16.2. The zero-order valence-electron chi connectivity index (χ0n) is 11.5. The van der Waals surface area contributed by atoms with Gasteiger partial charge in [-0.2, -0.15) is 5.10 Å². The number of amides is 1. The van der Waals surface area contributed by atoms with Gasteiger partial charge in [0.2, 0.25) is 5.91 Å². The molecule has 0 bridgehead atoms. The summed E-state index contributed by atoms with van der Waals surface area (Å²) in [6.45, 7) is 9.42. The van der Waals surface area contributed by atoms with Gasteiger partial charge in [0.05, 0.1) is 5.69 Å². The van der Waals surface area contributed by atoms with E-state index in [9.17, 15) is 4.79 Å². The fourth-order valence-corrected chi connectivity index (χ4v) is 1.75. The maximum atomic E-state index is 11.6. The summed E-state index contributed by atoms with van der Waals surface area (Å²) in [6.07, 6.45) is 0.905. The van der Waals surface area contributed by atoms with Crippen LogP contribution in [-0.4, -0.2) is 34.2 Å². The fourth-order valence-electron chi connectivity index (χ4n) is 1.75. The molecule has 1 aromatic rings. The lowest BCUT2D eigenvalue weighted by molar-refractivity contribution is -0.130. The Morgan fingerprint density at radius 2 is 2.00 bits per heavy atom. The first-order valence-corrected chi connectivity index (χ1v) is 6.38. The summed E-state index contributed by atoms with van der Waals surface area (Å²) in [5.41, 5.74) is 2.26. The molecule has 1 aliphatic rings. The quantitative estimate of drug-likeness (QED) is 0.749. The van der Waals surface area contributed by atoms with E-state index >= 15 is 0 Å². The molecule has 4 nitrogen and oxygen atoms in total. The Bertz CT molecular complexity index is 382. The van der Waals surface area contributed by atoms with Gasteiger partial charge in [-0.3, -0.25) is 9.48 Å². The van der Waals surface area contributed by atoms with Crippen LogP contribution in [0.25, 0.3) is 0 Å².